The van der Waals surface area contributed by atoms with E-state index in [0.29, 0.717) is 10.7 Å². The van der Waals surface area contributed by atoms with Crippen molar-refractivity contribution < 1.29 is 4.74 Å². The average molecular weight is 294 g/mol. The molecule has 20 heavy (non-hydrogen) atoms. The highest BCUT2D eigenvalue weighted by molar-refractivity contribution is 7.71. The lowest BCUT2D eigenvalue weighted by molar-refractivity contribution is -0.0444. The maximum Gasteiger partial charge on any atom is 0.138 e. The standard InChI is InChI=1S/C14H22N4OS/c1-9(2)18-5-6-19-12(8-18)13-16-11-3-4-15-7-10(11)14(20)17-13/h9,12,15H,3-8H2,1-2H3,(H,16,17,20). The largest absolute Gasteiger partial charge is 0.368 e. The quantitative estimate of drug-likeness (QED) is 0.811. The average Bonchev–Trinajstić information content (AvgIpc) is 2.47. The van der Waals surface area contributed by atoms with E-state index in [-0.39, 0.29) is 6.10 Å². The van der Waals surface area contributed by atoms with E-state index >= 15 is 0 Å². The van der Waals surface area contributed by atoms with Gasteiger partial charge in [0.2, 0.25) is 0 Å². The van der Waals surface area contributed by atoms with Gasteiger partial charge in [0, 0.05) is 49.9 Å². The number of rotatable bonds is 2. The molecule has 0 spiro atoms. The van der Waals surface area contributed by atoms with Crippen molar-refractivity contribution in [3.8, 4) is 0 Å². The molecule has 0 radical (unpaired) electrons. The summed E-state index contributed by atoms with van der Waals surface area (Å²) >= 11 is 5.44. The molecule has 0 bridgehead atoms. The maximum absolute atomic E-state index is 5.89. The summed E-state index contributed by atoms with van der Waals surface area (Å²) in [5.41, 5.74) is 2.37. The molecule has 1 aromatic heterocycles. The van der Waals surface area contributed by atoms with Gasteiger partial charge in [-0.1, -0.05) is 12.2 Å². The summed E-state index contributed by atoms with van der Waals surface area (Å²) in [5, 5.41) is 3.34. The van der Waals surface area contributed by atoms with Gasteiger partial charge in [-0.3, -0.25) is 4.90 Å². The lowest BCUT2D eigenvalue weighted by Crippen LogP contribution is -2.43. The Morgan fingerprint density at radius 3 is 3.10 bits per heavy atom. The van der Waals surface area contributed by atoms with Gasteiger partial charge in [0.25, 0.3) is 0 Å². The summed E-state index contributed by atoms with van der Waals surface area (Å²) in [7, 11) is 0. The predicted molar refractivity (Wildman–Crippen MR) is 80.2 cm³/mol. The molecule has 0 saturated carbocycles. The fourth-order valence-corrected chi connectivity index (χ4v) is 3.14. The summed E-state index contributed by atoms with van der Waals surface area (Å²) in [4.78, 5) is 10.5. The fraction of sp³-hybridized carbons (Fsp3) is 0.714. The SMILES string of the molecule is CC(C)N1CCOC(c2nc(=S)c3c([nH]2)CCNC3)C1. The van der Waals surface area contributed by atoms with Crippen molar-refractivity contribution >= 4 is 12.2 Å². The summed E-state index contributed by atoms with van der Waals surface area (Å²) in [6, 6.07) is 0.534. The second-order valence-corrected chi connectivity index (χ2v) is 6.15. The minimum absolute atomic E-state index is 0.00744. The smallest absolute Gasteiger partial charge is 0.138 e. The monoisotopic (exact) mass is 294 g/mol. The molecule has 3 heterocycles. The van der Waals surface area contributed by atoms with Crippen LogP contribution in [0.1, 0.15) is 37.0 Å². The van der Waals surface area contributed by atoms with Crippen LogP contribution in [0.3, 0.4) is 0 Å². The van der Waals surface area contributed by atoms with Gasteiger partial charge in [0.1, 0.15) is 16.6 Å². The number of aromatic amines is 1. The highest BCUT2D eigenvalue weighted by Crippen LogP contribution is 2.22. The number of morpholine rings is 1. The van der Waals surface area contributed by atoms with Gasteiger partial charge in [-0.25, -0.2) is 4.98 Å². The summed E-state index contributed by atoms with van der Waals surface area (Å²) in [6.07, 6.45) is 0.989. The fourth-order valence-electron chi connectivity index (χ4n) is 2.84. The van der Waals surface area contributed by atoms with Crippen LogP contribution in [0.5, 0.6) is 0 Å². The molecular weight excluding hydrogens is 272 g/mol. The molecule has 0 aliphatic carbocycles. The number of ether oxygens (including phenoxy) is 1. The Morgan fingerprint density at radius 1 is 1.45 bits per heavy atom. The third-order valence-electron chi connectivity index (χ3n) is 4.11. The minimum Gasteiger partial charge on any atom is -0.368 e. The Kier molecular flexibility index (Phi) is 4.16. The molecule has 5 nitrogen and oxygen atoms in total. The highest BCUT2D eigenvalue weighted by atomic mass is 32.1. The van der Waals surface area contributed by atoms with E-state index in [0.717, 1.165) is 50.6 Å². The number of nitrogens with zero attached hydrogens (tertiary/aromatic N) is 2. The van der Waals surface area contributed by atoms with Crippen LogP contribution in [0.15, 0.2) is 0 Å². The molecule has 2 N–H and O–H groups in total. The molecule has 3 rings (SSSR count). The Labute approximate surface area is 124 Å². The second-order valence-electron chi connectivity index (χ2n) is 5.76. The predicted octanol–water partition coefficient (Wildman–Crippen LogP) is 1.57. The molecule has 2 aliphatic heterocycles. The van der Waals surface area contributed by atoms with Crippen molar-refractivity contribution in [1.82, 2.24) is 20.2 Å². The van der Waals surface area contributed by atoms with Crippen molar-refractivity contribution in [2.75, 3.05) is 26.2 Å². The molecule has 0 amide bonds. The van der Waals surface area contributed by atoms with Crippen LogP contribution in [0.25, 0.3) is 0 Å². The number of aromatic nitrogens is 2. The van der Waals surface area contributed by atoms with Crippen molar-refractivity contribution in [3.05, 3.63) is 21.7 Å². The van der Waals surface area contributed by atoms with Crippen molar-refractivity contribution in [1.29, 1.82) is 0 Å². The van der Waals surface area contributed by atoms with Gasteiger partial charge in [-0.05, 0) is 13.8 Å². The molecule has 2 aliphatic rings. The number of fused-ring (bicyclic) bond motifs is 1. The zero-order valence-electron chi connectivity index (χ0n) is 12.1. The van der Waals surface area contributed by atoms with Crippen molar-refractivity contribution in [3.63, 3.8) is 0 Å². The first-order chi connectivity index (χ1) is 9.65. The maximum atomic E-state index is 5.89. The molecule has 0 aromatic carbocycles. The summed E-state index contributed by atoms with van der Waals surface area (Å²) < 4.78 is 6.61. The van der Waals surface area contributed by atoms with E-state index in [1.165, 1.54) is 5.69 Å². The molecule has 1 atom stereocenters. The van der Waals surface area contributed by atoms with Crippen LogP contribution < -0.4 is 5.32 Å². The highest BCUT2D eigenvalue weighted by Gasteiger charge is 2.26. The van der Waals surface area contributed by atoms with Gasteiger partial charge in [-0.2, -0.15) is 0 Å². The molecular formula is C14H22N4OS. The summed E-state index contributed by atoms with van der Waals surface area (Å²) in [5.74, 6) is 0.890. The van der Waals surface area contributed by atoms with Gasteiger partial charge < -0.3 is 15.0 Å². The van der Waals surface area contributed by atoms with Crippen LogP contribution in [0.2, 0.25) is 0 Å². The van der Waals surface area contributed by atoms with Crippen molar-refractivity contribution in [2.24, 2.45) is 0 Å². The third-order valence-corrected chi connectivity index (χ3v) is 4.45. The van der Waals surface area contributed by atoms with E-state index < -0.39 is 0 Å². The Hall–Kier alpha value is -0.820. The second kappa shape index (κ2) is 5.89. The zero-order valence-corrected chi connectivity index (χ0v) is 12.9. The molecule has 1 fully saturated rings. The molecule has 110 valence electrons. The molecule has 1 saturated heterocycles. The van der Waals surface area contributed by atoms with E-state index in [4.69, 9.17) is 17.0 Å². The van der Waals surface area contributed by atoms with Gasteiger partial charge in [0.05, 0.1) is 6.61 Å². The van der Waals surface area contributed by atoms with E-state index in [1.54, 1.807) is 0 Å². The summed E-state index contributed by atoms with van der Waals surface area (Å²) in [6.45, 7) is 8.88. The minimum atomic E-state index is 0.00744. The first-order valence-electron chi connectivity index (χ1n) is 7.33. The molecule has 1 aromatic rings. The normalized spacial score (nSPS) is 23.9. The van der Waals surface area contributed by atoms with Crippen LogP contribution in [0.4, 0.5) is 0 Å². The van der Waals surface area contributed by atoms with E-state index in [1.807, 2.05) is 0 Å². The number of hydrogen-bond donors (Lipinski definition) is 2. The first kappa shape index (κ1) is 14.1. The van der Waals surface area contributed by atoms with Gasteiger partial charge in [-0.15, -0.1) is 0 Å². The number of H-pyrrole nitrogens is 1. The zero-order chi connectivity index (χ0) is 14.1. The lowest BCUT2D eigenvalue weighted by Gasteiger charge is -2.35. The first-order valence-corrected chi connectivity index (χ1v) is 7.74. The number of nitrogens with one attached hydrogen (secondary N) is 2. The van der Waals surface area contributed by atoms with E-state index in [2.05, 4.69) is 34.0 Å². The lowest BCUT2D eigenvalue weighted by atomic mass is 10.1. The molecule has 1 unspecified atom stereocenters. The van der Waals surface area contributed by atoms with Gasteiger partial charge in [0.15, 0.2) is 0 Å². The van der Waals surface area contributed by atoms with Crippen LogP contribution in [-0.2, 0) is 17.7 Å². The van der Waals surface area contributed by atoms with Crippen LogP contribution >= 0.6 is 12.2 Å². The van der Waals surface area contributed by atoms with Crippen LogP contribution in [0, 0.1) is 4.64 Å². The number of hydrogen-bond acceptors (Lipinski definition) is 5. The van der Waals surface area contributed by atoms with Gasteiger partial charge >= 0.3 is 0 Å². The van der Waals surface area contributed by atoms with Crippen molar-refractivity contribution in [2.45, 2.75) is 39.0 Å². The Bertz CT molecular complexity index is 542. The Morgan fingerprint density at radius 2 is 2.30 bits per heavy atom. The molecule has 6 heteroatoms. The van der Waals surface area contributed by atoms with Crippen LogP contribution in [-0.4, -0.2) is 47.2 Å². The third kappa shape index (κ3) is 2.79. The topological polar surface area (TPSA) is 53.2 Å². The Balaban J connectivity index is 1.86. The van der Waals surface area contributed by atoms with E-state index in [9.17, 15) is 0 Å².